The quantitative estimate of drug-likeness (QED) is 0.303. The first-order valence-electron chi connectivity index (χ1n) is 10.6. The number of halogens is 2. The lowest BCUT2D eigenvalue weighted by atomic mass is 9.86. The summed E-state index contributed by atoms with van der Waals surface area (Å²) in [6.45, 7) is 0.228. The zero-order chi connectivity index (χ0) is 23.7. The molecule has 0 saturated heterocycles. The fraction of sp³-hybridized carbons (Fsp3) is 0.115. The van der Waals surface area contributed by atoms with E-state index in [0.29, 0.717) is 22.8 Å². The average Bonchev–Trinajstić information content (AvgIpc) is 2.85. The first-order valence-corrected chi connectivity index (χ1v) is 10.6. The number of ether oxygens (including phenoxy) is 2. The molecule has 1 aliphatic rings. The molecule has 0 spiro atoms. The van der Waals surface area contributed by atoms with E-state index in [-0.39, 0.29) is 25.0 Å². The van der Waals surface area contributed by atoms with E-state index in [1.165, 1.54) is 6.07 Å². The van der Waals surface area contributed by atoms with Gasteiger partial charge in [-0.05, 0) is 48.0 Å². The minimum absolute atomic E-state index is 0.00850. The van der Waals surface area contributed by atoms with Crippen molar-refractivity contribution in [2.75, 3.05) is 13.2 Å². The molecule has 34 heavy (non-hydrogen) atoms. The minimum Gasteiger partial charge on any atom is -0.455 e. The predicted octanol–water partition coefficient (Wildman–Crippen LogP) is 5.28. The molecule has 3 heterocycles. The van der Waals surface area contributed by atoms with Crippen molar-refractivity contribution >= 4 is 5.84 Å². The molecule has 6 nitrogen and oxygen atoms in total. The fourth-order valence-corrected chi connectivity index (χ4v) is 4.01. The number of benzene rings is 2. The molecule has 4 aromatic rings. The molecule has 2 aromatic heterocycles. The lowest BCUT2D eigenvalue weighted by Crippen LogP contribution is -2.22. The Labute approximate surface area is 194 Å². The van der Waals surface area contributed by atoms with E-state index in [1.807, 2.05) is 30.3 Å². The molecule has 0 bridgehead atoms. The Morgan fingerprint density at radius 1 is 0.941 bits per heavy atom. The van der Waals surface area contributed by atoms with Crippen LogP contribution in [0.4, 0.5) is 8.78 Å². The van der Waals surface area contributed by atoms with Crippen molar-refractivity contribution in [2.24, 2.45) is 5.73 Å². The van der Waals surface area contributed by atoms with Crippen LogP contribution in [0, 0.1) is 17.0 Å². The van der Waals surface area contributed by atoms with E-state index in [1.54, 1.807) is 24.7 Å². The van der Waals surface area contributed by atoms with Gasteiger partial charge in [0.25, 0.3) is 0 Å². The highest BCUT2D eigenvalue weighted by molar-refractivity contribution is 5.78. The molecule has 3 N–H and O–H groups in total. The fourth-order valence-electron chi connectivity index (χ4n) is 4.01. The van der Waals surface area contributed by atoms with Gasteiger partial charge in [-0.2, -0.15) is 0 Å². The molecule has 1 atom stereocenters. The number of amidine groups is 1. The number of hydrogen-bond donors (Lipinski definition) is 2. The summed E-state index contributed by atoms with van der Waals surface area (Å²) in [6, 6.07) is 15.2. The summed E-state index contributed by atoms with van der Waals surface area (Å²) in [5.41, 5.74) is 9.99. The summed E-state index contributed by atoms with van der Waals surface area (Å²) >= 11 is 0. The standard InChI is InChI=1S/C26H20F2N4O2/c27-21-5-3-16(9-22(21)28)23-10-19-20(13-33-14-26(29)30)18-8-15(17-2-1-7-31-11-17)4-6-24(18)34-25(19)12-32-23/h1-12,20H,13-14H2,(H3,29,30). The molecule has 0 aliphatic carbocycles. The van der Waals surface area contributed by atoms with E-state index in [9.17, 15) is 8.78 Å². The van der Waals surface area contributed by atoms with Crippen molar-refractivity contribution in [1.29, 1.82) is 5.41 Å². The zero-order valence-corrected chi connectivity index (χ0v) is 18.0. The maximum absolute atomic E-state index is 13.8. The molecular weight excluding hydrogens is 438 g/mol. The molecular formula is C26H20F2N4O2. The van der Waals surface area contributed by atoms with Crippen LogP contribution in [0.15, 0.2) is 73.2 Å². The smallest absolute Gasteiger partial charge is 0.159 e. The Morgan fingerprint density at radius 2 is 1.76 bits per heavy atom. The second-order valence-corrected chi connectivity index (χ2v) is 7.93. The highest BCUT2D eigenvalue weighted by Gasteiger charge is 2.29. The largest absolute Gasteiger partial charge is 0.455 e. The maximum Gasteiger partial charge on any atom is 0.159 e. The van der Waals surface area contributed by atoms with Crippen LogP contribution in [0.2, 0.25) is 0 Å². The van der Waals surface area contributed by atoms with Crippen molar-refractivity contribution in [1.82, 2.24) is 9.97 Å². The highest BCUT2D eigenvalue weighted by Crippen LogP contribution is 2.46. The van der Waals surface area contributed by atoms with Crippen LogP contribution in [0.5, 0.6) is 11.5 Å². The van der Waals surface area contributed by atoms with Crippen molar-refractivity contribution in [2.45, 2.75) is 5.92 Å². The molecule has 1 unspecified atom stereocenters. The van der Waals surface area contributed by atoms with Gasteiger partial charge in [-0.3, -0.25) is 15.4 Å². The van der Waals surface area contributed by atoms with E-state index in [0.717, 1.165) is 34.4 Å². The Hall–Kier alpha value is -4.17. The third kappa shape index (κ3) is 4.23. The Bertz CT molecular complexity index is 1380. The molecule has 5 rings (SSSR count). The van der Waals surface area contributed by atoms with Crippen molar-refractivity contribution in [3.05, 3.63) is 95.9 Å². The van der Waals surface area contributed by atoms with Crippen LogP contribution in [-0.4, -0.2) is 29.0 Å². The lowest BCUT2D eigenvalue weighted by molar-refractivity contribution is 0.159. The highest BCUT2D eigenvalue weighted by atomic mass is 19.2. The number of fused-ring (bicyclic) bond motifs is 2. The van der Waals surface area contributed by atoms with Crippen LogP contribution >= 0.6 is 0 Å². The average molecular weight is 458 g/mol. The number of aromatic nitrogens is 2. The van der Waals surface area contributed by atoms with Gasteiger partial charge in [0.15, 0.2) is 11.6 Å². The molecule has 0 radical (unpaired) electrons. The number of nitrogens with two attached hydrogens (primary N) is 1. The van der Waals surface area contributed by atoms with Crippen LogP contribution in [0.25, 0.3) is 22.4 Å². The Balaban J connectivity index is 1.58. The van der Waals surface area contributed by atoms with Crippen LogP contribution in [0.1, 0.15) is 17.0 Å². The summed E-state index contributed by atoms with van der Waals surface area (Å²) in [6.07, 6.45) is 5.07. The first-order chi connectivity index (χ1) is 16.5. The van der Waals surface area contributed by atoms with Crippen molar-refractivity contribution < 1.29 is 18.3 Å². The van der Waals surface area contributed by atoms with Crippen LogP contribution < -0.4 is 10.5 Å². The van der Waals surface area contributed by atoms with Gasteiger partial charge in [0.1, 0.15) is 23.9 Å². The molecule has 8 heteroatoms. The summed E-state index contributed by atoms with van der Waals surface area (Å²) < 4.78 is 39.1. The monoisotopic (exact) mass is 458 g/mol. The lowest BCUT2D eigenvalue weighted by Gasteiger charge is -2.29. The van der Waals surface area contributed by atoms with E-state index in [4.69, 9.17) is 20.6 Å². The van der Waals surface area contributed by atoms with Gasteiger partial charge in [0.2, 0.25) is 0 Å². The second kappa shape index (κ2) is 8.99. The first kappa shape index (κ1) is 21.7. The number of rotatable bonds is 6. The zero-order valence-electron chi connectivity index (χ0n) is 18.0. The molecule has 170 valence electrons. The normalized spacial score (nSPS) is 14.1. The van der Waals surface area contributed by atoms with Crippen molar-refractivity contribution in [3.63, 3.8) is 0 Å². The van der Waals surface area contributed by atoms with Crippen LogP contribution in [-0.2, 0) is 4.74 Å². The van der Waals surface area contributed by atoms with E-state index in [2.05, 4.69) is 9.97 Å². The van der Waals surface area contributed by atoms with E-state index >= 15 is 0 Å². The summed E-state index contributed by atoms with van der Waals surface area (Å²) in [5, 5.41) is 7.48. The number of nitrogens with one attached hydrogen (secondary N) is 1. The van der Waals surface area contributed by atoms with Gasteiger partial charge < -0.3 is 15.2 Å². The van der Waals surface area contributed by atoms with Gasteiger partial charge >= 0.3 is 0 Å². The SMILES string of the molecule is N=C(N)COCC1c2cc(-c3cccnc3)ccc2Oc2cnc(-c3ccc(F)c(F)c3)cc21. The van der Waals surface area contributed by atoms with Crippen molar-refractivity contribution in [3.8, 4) is 33.9 Å². The number of pyridine rings is 2. The summed E-state index contributed by atoms with van der Waals surface area (Å²) in [4.78, 5) is 8.59. The molecule has 0 saturated carbocycles. The van der Waals surface area contributed by atoms with Gasteiger partial charge in [-0.15, -0.1) is 0 Å². The van der Waals surface area contributed by atoms with Gasteiger partial charge in [0, 0.05) is 40.6 Å². The van der Waals surface area contributed by atoms with Crippen LogP contribution in [0.3, 0.4) is 0 Å². The maximum atomic E-state index is 13.8. The van der Waals surface area contributed by atoms with Gasteiger partial charge in [-0.1, -0.05) is 12.1 Å². The van der Waals surface area contributed by atoms with E-state index < -0.39 is 11.6 Å². The summed E-state index contributed by atoms with van der Waals surface area (Å²) in [7, 11) is 0. The molecule has 1 aliphatic heterocycles. The topological polar surface area (TPSA) is 94.1 Å². The second-order valence-electron chi connectivity index (χ2n) is 7.93. The number of nitrogens with zero attached hydrogens (tertiary/aromatic N) is 2. The molecule has 0 amide bonds. The summed E-state index contributed by atoms with van der Waals surface area (Å²) in [5.74, 6) is -0.989. The Kier molecular flexibility index (Phi) is 5.73. The molecule has 0 fully saturated rings. The third-order valence-corrected chi connectivity index (χ3v) is 5.63. The number of hydrogen-bond acceptors (Lipinski definition) is 5. The third-order valence-electron chi connectivity index (χ3n) is 5.63. The predicted molar refractivity (Wildman–Crippen MR) is 124 cm³/mol. The Morgan fingerprint density at radius 3 is 2.53 bits per heavy atom. The minimum atomic E-state index is -0.943. The van der Waals surface area contributed by atoms with Gasteiger partial charge in [-0.25, -0.2) is 8.78 Å². The molecule has 2 aromatic carbocycles. The van der Waals surface area contributed by atoms with Gasteiger partial charge in [0.05, 0.1) is 18.5 Å².